The Morgan fingerprint density at radius 2 is 1.95 bits per heavy atom. The van der Waals surface area contributed by atoms with E-state index in [9.17, 15) is 18.0 Å². The molecule has 7 heteroatoms. The van der Waals surface area contributed by atoms with Crippen molar-refractivity contribution in [2.75, 3.05) is 6.54 Å². The molecule has 19 heavy (non-hydrogen) atoms. The van der Waals surface area contributed by atoms with Crippen LogP contribution in [0.5, 0.6) is 0 Å². The number of hydrogen-bond donors (Lipinski definition) is 0. The molecule has 0 saturated carbocycles. The van der Waals surface area contributed by atoms with Gasteiger partial charge >= 0.3 is 6.18 Å². The SMILES string of the molecule is [N-]=[N+]=NCCC=Cc1cc(C=O)cc(C(F)(F)F)c1. The predicted octanol–water partition coefficient (Wildman–Crippen LogP) is 4.23. The summed E-state index contributed by atoms with van der Waals surface area (Å²) in [6.07, 6.45) is -0.677. The number of carbonyl (C=O) groups is 1. The van der Waals surface area contributed by atoms with E-state index in [2.05, 4.69) is 10.0 Å². The first-order chi connectivity index (χ1) is 8.97. The number of hydrogen-bond acceptors (Lipinski definition) is 2. The average molecular weight is 269 g/mol. The fourth-order valence-electron chi connectivity index (χ4n) is 1.40. The first-order valence-corrected chi connectivity index (χ1v) is 5.32. The molecular formula is C12H10F3N3O. The van der Waals surface area contributed by atoms with Crippen molar-refractivity contribution in [3.63, 3.8) is 0 Å². The molecule has 0 amide bonds. The maximum absolute atomic E-state index is 12.6. The molecular weight excluding hydrogens is 259 g/mol. The third-order valence-corrected chi connectivity index (χ3v) is 2.21. The van der Waals surface area contributed by atoms with Crippen molar-refractivity contribution in [1.82, 2.24) is 0 Å². The molecule has 0 bridgehead atoms. The molecule has 4 nitrogen and oxygen atoms in total. The Balaban J connectivity index is 2.94. The van der Waals surface area contributed by atoms with Gasteiger partial charge in [0.15, 0.2) is 0 Å². The lowest BCUT2D eigenvalue weighted by Crippen LogP contribution is -2.06. The third kappa shape index (κ3) is 4.85. The van der Waals surface area contributed by atoms with E-state index in [-0.39, 0.29) is 17.7 Å². The van der Waals surface area contributed by atoms with E-state index in [0.717, 1.165) is 12.1 Å². The van der Waals surface area contributed by atoms with E-state index >= 15 is 0 Å². The summed E-state index contributed by atoms with van der Waals surface area (Å²) in [6, 6.07) is 3.10. The Kier molecular flexibility index (Phi) is 5.14. The summed E-state index contributed by atoms with van der Waals surface area (Å²) in [7, 11) is 0. The molecule has 1 aromatic carbocycles. The van der Waals surface area contributed by atoms with Crippen molar-refractivity contribution < 1.29 is 18.0 Å². The highest BCUT2D eigenvalue weighted by atomic mass is 19.4. The molecule has 1 rings (SSSR count). The number of nitrogens with zero attached hydrogens (tertiary/aromatic N) is 3. The van der Waals surface area contributed by atoms with Crippen molar-refractivity contribution in [3.05, 3.63) is 51.4 Å². The van der Waals surface area contributed by atoms with E-state index < -0.39 is 11.7 Å². The van der Waals surface area contributed by atoms with E-state index in [4.69, 9.17) is 5.53 Å². The average Bonchev–Trinajstić information content (AvgIpc) is 2.37. The highest BCUT2D eigenvalue weighted by molar-refractivity contribution is 5.77. The van der Waals surface area contributed by atoms with Crippen LogP contribution in [0.25, 0.3) is 16.5 Å². The topological polar surface area (TPSA) is 65.8 Å². The van der Waals surface area contributed by atoms with Gasteiger partial charge in [-0.05, 0) is 35.7 Å². The van der Waals surface area contributed by atoms with Gasteiger partial charge in [0.2, 0.25) is 0 Å². The summed E-state index contributed by atoms with van der Waals surface area (Å²) in [5.74, 6) is 0. The number of azide groups is 1. The molecule has 0 heterocycles. The fraction of sp³-hybridized carbons (Fsp3) is 0.250. The Hall–Kier alpha value is -2.27. The lowest BCUT2D eigenvalue weighted by molar-refractivity contribution is -0.137. The fourth-order valence-corrected chi connectivity index (χ4v) is 1.40. The van der Waals surface area contributed by atoms with Gasteiger partial charge in [0.1, 0.15) is 6.29 Å². The van der Waals surface area contributed by atoms with Crippen LogP contribution < -0.4 is 0 Å². The molecule has 0 spiro atoms. The molecule has 0 aromatic heterocycles. The van der Waals surface area contributed by atoms with Crippen molar-refractivity contribution in [3.8, 4) is 0 Å². The normalized spacial score (nSPS) is 11.3. The van der Waals surface area contributed by atoms with Crippen LogP contribution in [0.2, 0.25) is 0 Å². The molecule has 0 unspecified atom stereocenters. The van der Waals surface area contributed by atoms with Crippen LogP contribution in [0.4, 0.5) is 13.2 Å². The number of benzene rings is 1. The second-order valence-corrected chi connectivity index (χ2v) is 3.65. The van der Waals surface area contributed by atoms with Gasteiger partial charge in [-0.1, -0.05) is 17.3 Å². The number of halogens is 3. The number of rotatable bonds is 5. The van der Waals surface area contributed by atoms with Crippen LogP contribution in [0.15, 0.2) is 29.4 Å². The van der Waals surface area contributed by atoms with Crippen molar-refractivity contribution in [2.24, 2.45) is 5.11 Å². The Bertz CT molecular complexity index is 532. The van der Waals surface area contributed by atoms with Gasteiger partial charge in [-0.15, -0.1) is 0 Å². The molecule has 100 valence electrons. The molecule has 0 saturated heterocycles. The zero-order chi connectivity index (χ0) is 14.3. The van der Waals surface area contributed by atoms with Crippen molar-refractivity contribution in [1.29, 1.82) is 0 Å². The molecule has 1 aromatic rings. The van der Waals surface area contributed by atoms with Gasteiger partial charge in [0.25, 0.3) is 0 Å². The maximum atomic E-state index is 12.6. The Morgan fingerprint density at radius 1 is 1.26 bits per heavy atom. The summed E-state index contributed by atoms with van der Waals surface area (Å²) in [5.41, 5.74) is 7.42. The van der Waals surface area contributed by atoms with Crippen LogP contribution in [-0.2, 0) is 6.18 Å². The molecule has 0 aliphatic heterocycles. The lowest BCUT2D eigenvalue weighted by atomic mass is 10.1. The highest BCUT2D eigenvalue weighted by Crippen LogP contribution is 2.30. The minimum Gasteiger partial charge on any atom is -0.298 e. The monoisotopic (exact) mass is 269 g/mol. The molecule has 0 radical (unpaired) electrons. The van der Waals surface area contributed by atoms with Crippen molar-refractivity contribution >= 4 is 12.4 Å². The maximum Gasteiger partial charge on any atom is 0.416 e. The van der Waals surface area contributed by atoms with Gasteiger partial charge in [-0.25, -0.2) is 0 Å². The van der Waals surface area contributed by atoms with Crippen molar-refractivity contribution in [2.45, 2.75) is 12.6 Å². The van der Waals surface area contributed by atoms with Crippen LogP contribution in [0.1, 0.15) is 27.9 Å². The minimum absolute atomic E-state index is 0.0375. The number of carbonyl (C=O) groups excluding carboxylic acids is 1. The number of aldehydes is 1. The van der Waals surface area contributed by atoms with E-state index in [1.54, 1.807) is 6.08 Å². The van der Waals surface area contributed by atoms with Crippen LogP contribution >= 0.6 is 0 Å². The van der Waals surface area contributed by atoms with Gasteiger partial charge in [-0.3, -0.25) is 4.79 Å². The highest BCUT2D eigenvalue weighted by Gasteiger charge is 2.30. The smallest absolute Gasteiger partial charge is 0.298 e. The van der Waals surface area contributed by atoms with Gasteiger partial charge in [-0.2, -0.15) is 13.2 Å². The molecule has 0 atom stereocenters. The van der Waals surface area contributed by atoms with Gasteiger partial charge < -0.3 is 0 Å². The van der Waals surface area contributed by atoms with Gasteiger partial charge in [0, 0.05) is 17.0 Å². The van der Waals surface area contributed by atoms with E-state index in [1.807, 2.05) is 0 Å². The quantitative estimate of drug-likeness (QED) is 0.259. The second kappa shape index (κ2) is 6.61. The Morgan fingerprint density at radius 3 is 2.53 bits per heavy atom. The summed E-state index contributed by atoms with van der Waals surface area (Å²) in [4.78, 5) is 13.2. The van der Waals surface area contributed by atoms with Gasteiger partial charge in [0.05, 0.1) is 5.56 Å². The lowest BCUT2D eigenvalue weighted by Gasteiger charge is -2.08. The second-order valence-electron chi connectivity index (χ2n) is 3.65. The first kappa shape index (κ1) is 14.8. The summed E-state index contributed by atoms with van der Waals surface area (Å²) < 4.78 is 37.7. The summed E-state index contributed by atoms with van der Waals surface area (Å²) in [6.45, 7) is 0.229. The zero-order valence-corrected chi connectivity index (χ0v) is 9.76. The molecule has 0 aliphatic carbocycles. The standard InChI is InChI=1S/C12H10F3N3O/c13-12(14,15)11-6-9(5-10(7-11)8-19)3-1-2-4-17-18-16/h1,3,5-8H,2,4H2. The van der Waals surface area contributed by atoms with E-state index in [1.165, 1.54) is 12.1 Å². The first-order valence-electron chi connectivity index (χ1n) is 5.32. The molecule has 0 N–H and O–H groups in total. The summed E-state index contributed by atoms with van der Waals surface area (Å²) in [5, 5.41) is 3.29. The van der Waals surface area contributed by atoms with E-state index in [0.29, 0.717) is 12.7 Å². The summed E-state index contributed by atoms with van der Waals surface area (Å²) >= 11 is 0. The van der Waals surface area contributed by atoms with Crippen LogP contribution in [0, 0.1) is 0 Å². The largest absolute Gasteiger partial charge is 0.416 e. The minimum atomic E-state index is -4.49. The number of alkyl halides is 3. The van der Waals surface area contributed by atoms with Crippen LogP contribution in [0.3, 0.4) is 0 Å². The predicted molar refractivity (Wildman–Crippen MR) is 64.5 cm³/mol. The third-order valence-electron chi connectivity index (χ3n) is 2.21. The molecule has 0 fully saturated rings. The zero-order valence-electron chi connectivity index (χ0n) is 9.76. The van der Waals surface area contributed by atoms with Crippen LogP contribution in [-0.4, -0.2) is 12.8 Å². The Labute approximate surface area is 107 Å². The molecule has 0 aliphatic rings.